The lowest BCUT2D eigenvalue weighted by Crippen LogP contribution is -2.43. The summed E-state index contributed by atoms with van der Waals surface area (Å²) < 4.78 is 1.02. The maximum atomic E-state index is 12.1. The van der Waals surface area contributed by atoms with E-state index in [9.17, 15) is 9.59 Å². The van der Waals surface area contributed by atoms with E-state index < -0.39 is 0 Å². The Hall–Kier alpha value is -1.79. The van der Waals surface area contributed by atoms with E-state index in [1.54, 1.807) is 0 Å². The van der Waals surface area contributed by atoms with Gasteiger partial charge >= 0.3 is 0 Å². The third kappa shape index (κ3) is 5.09. The van der Waals surface area contributed by atoms with Crippen molar-refractivity contribution < 1.29 is 9.59 Å². The molecule has 1 saturated carbocycles. The third-order valence-electron chi connectivity index (χ3n) is 4.14. The average Bonchev–Trinajstić information content (AvgIpc) is 3.40. The second-order valence-electron chi connectivity index (χ2n) is 6.14. The predicted molar refractivity (Wildman–Crippen MR) is 103 cm³/mol. The largest absolute Gasteiger partial charge is 0.273 e. The number of hydrogen-bond acceptors (Lipinski definition) is 3. The van der Waals surface area contributed by atoms with Crippen molar-refractivity contribution >= 4 is 39.5 Å². The molecule has 3 rings (SSSR count). The van der Waals surface area contributed by atoms with Crippen LogP contribution in [0.15, 0.2) is 57.9 Å². The SMILES string of the molecule is Cc1ccc(SCC(=O)NNC(=O)C2CC2c2ccc(Br)cc2)cc1. The Labute approximate surface area is 159 Å². The number of thioether (sulfide) groups is 1. The molecule has 2 N–H and O–H groups in total. The Kier molecular flexibility index (Phi) is 5.81. The molecule has 0 aromatic heterocycles. The number of nitrogens with one attached hydrogen (secondary N) is 2. The average molecular weight is 419 g/mol. The highest BCUT2D eigenvalue weighted by Gasteiger charge is 2.44. The van der Waals surface area contributed by atoms with Gasteiger partial charge in [-0.05, 0) is 49.1 Å². The first kappa shape index (κ1) is 18.0. The van der Waals surface area contributed by atoms with E-state index in [4.69, 9.17) is 0 Å². The minimum atomic E-state index is -0.209. The smallest absolute Gasteiger partial charge is 0.248 e. The molecule has 6 heteroatoms. The molecule has 2 amide bonds. The van der Waals surface area contributed by atoms with Gasteiger partial charge in [0.05, 0.1) is 5.75 Å². The molecule has 2 unspecified atom stereocenters. The van der Waals surface area contributed by atoms with Gasteiger partial charge in [0.15, 0.2) is 0 Å². The molecule has 2 atom stereocenters. The number of rotatable bonds is 5. The van der Waals surface area contributed by atoms with Gasteiger partial charge < -0.3 is 0 Å². The minimum absolute atomic E-state index is 0.0637. The van der Waals surface area contributed by atoms with Crippen LogP contribution < -0.4 is 10.9 Å². The second kappa shape index (κ2) is 8.06. The van der Waals surface area contributed by atoms with E-state index in [0.29, 0.717) is 0 Å². The highest BCUT2D eigenvalue weighted by molar-refractivity contribution is 9.10. The van der Waals surface area contributed by atoms with Crippen molar-refractivity contribution in [1.29, 1.82) is 0 Å². The molecule has 130 valence electrons. The normalized spacial score (nSPS) is 18.5. The zero-order valence-corrected chi connectivity index (χ0v) is 16.2. The van der Waals surface area contributed by atoms with Gasteiger partial charge in [0.25, 0.3) is 0 Å². The molecular formula is C19H19BrN2O2S. The Bertz CT molecular complexity index is 762. The Morgan fingerprint density at radius 1 is 1.08 bits per heavy atom. The van der Waals surface area contributed by atoms with Gasteiger partial charge in [0.1, 0.15) is 0 Å². The molecule has 1 aliphatic rings. The number of carbonyl (C=O) groups is 2. The number of hydrazine groups is 1. The molecule has 4 nitrogen and oxygen atoms in total. The van der Waals surface area contributed by atoms with Crippen molar-refractivity contribution in [2.75, 3.05) is 5.75 Å². The summed E-state index contributed by atoms with van der Waals surface area (Å²) in [5, 5.41) is 0. The number of carbonyl (C=O) groups excluding carboxylic acids is 2. The molecule has 0 saturated heterocycles. The van der Waals surface area contributed by atoms with Gasteiger partial charge in [-0.2, -0.15) is 0 Å². The highest BCUT2D eigenvalue weighted by atomic mass is 79.9. The van der Waals surface area contributed by atoms with Crippen LogP contribution in [0, 0.1) is 12.8 Å². The molecule has 1 fully saturated rings. The first-order valence-electron chi connectivity index (χ1n) is 8.06. The topological polar surface area (TPSA) is 58.2 Å². The molecule has 1 aliphatic carbocycles. The maximum absolute atomic E-state index is 12.1. The first-order valence-corrected chi connectivity index (χ1v) is 9.84. The van der Waals surface area contributed by atoms with Crippen LogP contribution in [0.25, 0.3) is 0 Å². The van der Waals surface area contributed by atoms with Gasteiger partial charge in [-0.15, -0.1) is 11.8 Å². The number of hydrogen-bond donors (Lipinski definition) is 2. The first-order chi connectivity index (χ1) is 12.0. The van der Waals surface area contributed by atoms with Gasteiger partial charge in [0.2, 0.25) is 11.8 Å². The summed E-state index contributed by atoms with van der Waals surface area (Å²) in [5.74, 6) is 0.115. The zero-order chi connectivity index (χ0) is 17.8. The fraction of sp³-hybridized carbons (Fsp3) is 0.263. The second-order valence-corrected chi connectivity index (χ2v) is 8.10. The van der Waals surface area contributed by atoms with E-state index in [1.807, 2.05) is 55.5 Å². The van der Waals surface area contributed by atoms with Crippen molar-refractivity contribution in [1.82, 2.24) is 10.9 Å². The van der Waals surface area contributed by atoms with Crippen LogP contribution >= 0.6 is 27.7 Å². The summed E-state index contributed by atoms with van der Waals surface area (Å²) >= 11 is 4.85. The molecular weight excluding hydrogens is 400 g/mol. The summed E-state index contributed by atoms with van der Waals surface area (Å²) in [6.45, 7) is 2.02. The maximum Gasteiger partial charge on any atom is 0.248 e. The van der Waals surface area contributed by atoms with Crippen LogP contribution in [0.4, 0.5) is 0 Å². The molecule has 0 heterocycles. The van der Waals surface area contributed by atoms with Crippen molar-refractivity contribution in [2.24, 2.45) is 5.92 Å². The Morgan fingerprint density at radius 3 is 2.44 bits per heavy atom. The van der Waals surface area contributed by atoms with E-state index in [2.05, 4.69) is 26.8 Å². The summed E-state index contributed by atoms with van der Waals surface area (Å²) in [7, 11) is 0. The van der Waals surface area contributed by atoms with Crippen LogP contribution in [0.3, 0.4) is 0 Å². The van der Waals surface area contributed by atoms with Gasteiger partial charge in [-0.3, -0.25) is 20.4 Å². The summed E-state index contributed by atoms with van der Waals surface area (Å²) in [4.78, 5) is 25.0. The number of benzene rings is 2. The van der Waals surface area contributed by atoms with Gasteiger partial charge in [0, 0.05) is 15.3 Å². The fourth-order valence-corrected chi connectivity index (χ4v) is 3.57. The summed E-state index contributed by atoms with van der Waals surface area (Å²) in [5.41, 5.74) is 7.38. The fourth-order valence-electron chi connectivity index (χ4n) is 2.61. The lowest BCUT2D eigenvalue weighted by molar-refractivity contribution is -0.128. The Balaban J connectivity index is 1.39. The summed E-state index contributed by atoms with van der Waals surface area (Å²) in [6.07, 6.45) is 0.821. The van der Waals surface area contributed by atoms with Crippen molar-refractivity contribution in [3.8, 4) is 0 Å². The van der Waals surface area contributed by atoms with Crippen LogP contribution in [0.1, 0.15) is 23.5 Å². The van der Waals surface area contributed by atoms with Crippen LogP contribution in [-0.4, -0.2) is 17.6 Å². The van der Waals surface area contributed by atoms with Crippen molar-refractivity contribution in [2.45, 2.75) is 24.2 Å². The van der Waals surface area contributed by atoms with Crippen LogP contribution in [-0.2, 0) is 9.59 Å². The molecule has 2 aromatic carbocycles. The van der Waals surface area contributed by atoms with E-state index in [1.165, 1.54) is 17.3 Å². The zero-order valence-electron chi connectivity index (χ0n) is 13.8. The van der Waals surface area contributed by atoms with Crippen LogP contribution in [0.5, 0.6) is 0 Å². The highest BCUT2D eigenvalue weighted by Crippen LogP contribution is 2.47. The van der Waals surface area contributed by atoms with Gasteiger partial charge in [-0.25, -0.2) is 0 Å². The lowest BCUT2D eigenvalue weighted by Gasteiger charge is -2.07. The molecule has 0 radical (unpaired) electrons. The monoisotopic (exact) mass is 418 g/mol. The number of halogens is 1. The summed E-state index contributed by atoms with van der Waals surface area (Å²) in [6, 6.07) is 16.0. The number of amides is 2. The minimum Gasteiger partial charge on any atom is -0.273 e. The van der Waals surface area contributed by atoms with Crippen LogP contribution in [0.2, 0.25) is 0 Å². The molecule has 2 aromatic rings. The standard InChI is InChI=1S/C19H19BrN2O2S/c1-12-2-8-15(9-3-12)25-11-18(23)21-22-19(24)17-10-16(17)13-4-6-14(20)7-5-13/h2-9,16-17H,10-11H2,1H3,(H,21,23)(H,22,24). The molecule has 0 aliphatic heterocycles. The van der Waals surface area contributed by atoms with Gasteiger partial charge in [-0.1, -0.05) is 45.8 Å². The molecule has 25 heavy (non-hydrogen) atoms. The predicted octanol–water partition coefficient (Wildman–Crippen LogP) is 3.80. The van der Waals surface area contributed by atoms with Crippen molar-refractivity contribution in [3.05, 3.63) is 64.1 Å². The quantitative estimate of drug-likeness (QED) is 0.573. The van der Waals surface area contributed by atoms with Crippen molar-refractivity contribution in [3.63, 3.8) is 0 Å². The van der Waals surface area contributed by atoms with E-state index in [-0.39, 0.29) is 29.4 Å². The number of aryl methyl sites for hydroxylation is 1. The Morgan fingerprint density at radius 2 is 1.76 bits per heavy atom. The van der Waals surface area contributed by atoms with E-state index in [0.717, 1.165) is 21.4 Å². The van der Waals surface area contributed by atoms with E-state index >= 15 is 0 Å². The molecule has 0 spiro atoms. The molecule has 0 bridgehead atoms. The lowest BCUT2D eigenvalue weighted by atomic mass is 10.1. The third-order valence-corrected chi connectivity index (χ3v) is 5.68.